The molecule has 0 aliphatic heterocycles. The third kappa shape index (κ3) is 4.68. The van der Waals surface area contributed by atoms with Crippen molar-refractivity contribution >= 4 is 39.3 Å². The summed E-state index contributed by atoms with van der Waals surface area (Å²) in [6.07, 6.45) is -3.29. The minimum atomic E-state index is -4.54. The van der Waals surface area contributed by atoms with Crippen molar-refractivity contribution in [1.82, 2.24) is 25.3 Å². The largest absolute Gasteiger partial charge is 0.419 e. The molecule has 3 aromatic heterocycles. The Morgan fingerprint density at radius 2 is 1.81 bits per heavy atom. The highest BCUT2D eigenvalue weighted by atomic mass is 19.4. The highest BCUT2D eigenvalue weighted by molar-refractivity contribution is 6.04. The van der Waals surface area contributed by atoms with E-state index in [0.29, 0.717) is 33.2 Å². The molecule has 9 nitrogen and oxygen atoms in total. The molecule has 0 aliphatic carbocycles. The molecule has 2 aromatic carbocycles. The van der Waals surface area contributed by atoms with Crippen LogP contribution in [-0.2, 0) is 6.18 Å². The second-order valence-corrected chi connectivity index (χ2v) is 8.19. The Hall–Kier alpha value is -4.87. The number of anilines is 2. The van der Waals surface area contributed by atoms with Crippen molar-refractivity contribution in [2.24, 2.45) is 0 Å². The first-order chi connectivity index (χ1) is 17.7. The number of nitrogens with two attached hydrogens (primary N) is 1. The van der Waals surface area contributed by atoms with Crippen LogP contribution in [-0.4, -0.2) is 38.9 Å². The Labute approximate surface area is 206 Å². The van der Waals surface area contributed by atoms with E-state index in [1.165, 1.54) is 12.3 Å². The van der Waals surface area contributed by atoms with E-state index >= 15 is 0 Å². The van der Waals surface area contributed by atoms with Gasteiger partial charge in [0.05, 0.1) is 28.0 Å². The van der Waals surface area contributed by atoms with Gasteiger partial charge in [-0.25, -0.2) is 9.97 Å². The molecule has 0 spiro atoms. The fourth-order valence-electron chi connectivity index (χ4n) is 3.97. The number of fused-ring (bicyclic) bond motifs is 2. The van der Waals surface area contributed by atoms with E-state index in [1.54, 1.807) is 42.5 Å². The molecule has 0 unspecified atom stereocenters. The highest BCUT2D eigenvalue weighted by Crippen LogP contribution is 2.33. The number of hydrogen-bond donors (Lipinski definition) is 5. The highest BCUT2D eigenvalue weighted by Gasteiger charge is 2.33. The van der Waals surface area contributed by atoms with Crippen LogP contribution < -0.4 is 21.9 Å². The number of amides is 1. The van der Waals surface area contributed by atoms with Gasteiger partial charge in [-0.2, -0.15) is 13.2 Å². The van der Waals surface area contributed by atoms with Gasteiger partial charge in [0.25, 0.3) is 11.5 Å². The Morgan fingerprint density at radius 3 is 2.62 bits per heavy atom. The standard InChI is InChI=1S/C25H20F3N7O2/c26-25(27,28)15-4-3-9-30-22(15)31-10-11-32-23(36)13-7-8-16-14(12-13)19(29)20(33-16)21-24(37)35-18-6-2-1-5-17(18)34-21/h1-9,12,33H,10-11,29H2,(H,30,31)(H,32,36)(H,35,37). The van der Waals surface area contributed by atoms with Crippen molar-refractivity contribution < 1.29 is 18.0 Å². The van der Waals surface area contributed by atoms with Gasteiger partial charge in [-0.1, -0.05) is 12.1 Å². The summed E-state index contributed by atoms with van der Waals surface area (Å²) in [5.41, 5.74) is 7.83. The Balaban J connectivity index is 1.32. The zero-order valence-electron chi connectivity index (χ0n) is 19.1. The van der Waals surface area contributed by atoms with Crippen LogP contribution in [0.1, 0.15) is 15.9 Å². The lowest BCUT2D eigenvalue weighted by atomic mass is 10.1. The summed E-state index contributed by atoms with van der Waals surface area (Å²) in [6, 6.07) is 14.0. The summed E-state index contributed by atoms with van der Waals surface area (Å²) in [4.78, 5) is 39.3. The van der Waals surface area contributed by atoms with Gasteiger partial charge in [0.2, 0.25) is 0 Å². The van der Waals surface area contributed by atoms with Gasteiger partial charge in [0.15, 0.2) is 5.69 Å². The van der Waals surface area contributed by atoms with Crippen LogP contribution in [0.4, 0.5) is 24.7 Å². The summed E-state index contributed by atoms with van der Waals surface area (Å²) < 4.78 is 39.2. The number of benzene rings is 2. The quantitative estimate of drug-likeness (QED) is 0.221. The zero-order valence-corrected chi connectivity index (χ0v) is 19.1. The summed E-state index contributed by atoms with van der Waals surface area (Å²) in [5, 5.41) is 5.77. The number of para-hydroxylation sites is 2. The second-order valence-electron chi connectivity index (χ2n) is 8.19. The number of nitrogens with zero attached hydrogens (tertiary/aromatic N) is 2. The van der Waals surface area contributed by atoms with E-state index in [2.05, 4.69) is 30.6 Å². The number of pyridine rings is 1. The monoisotopic (exact) mass is 507 g/mol. The molecule has 5 rings (SSSR count). The molecule has 6 N–H and O–H groups in total. The number of nitrogens with one attached hydrogen (secondary N) is 4. The molecule has 0 saturated heterocycles. The van der Waals surface area contributed by atoms with E-state index in [1.807, 2.05) is 0 Å². The van der Waals surface area contributed by atoms with Crippen LogP contribution in [0.2, 0.25) is 0 Å². The molecular weight excluding hydrogens is 487 g/mol. The van der Waals surface area contributed by atoms with Gasteiger partial charge in [-0.3, -0.25) is 9.59 Å². The molecule has 188 valence electrons. The molecule has 12 heteroatoms. The molecular formula is C25H20F3N7O2. The average molecular weight is 507 g/mol. The summed E-state index contributed by atoms with van der Waals surface area (Å²) in [5.74, 6) is -0.750. The van der Waals surface area contributed by atoms with Crippen molar-refractivity contribution in [3.8, 4) is 11.4 Å². The van der Waals surface area contributed by atoms with E-state index in [-0.39, 0.29) is 30.3 Å². The summed E-state index contributed by atoms with van der Waals surface area (Å²) in [7, 11) is 0. The maximum absolute atomic E-state index is 13.1. The lowest BCUT2D eigenvalue weighted by Gasteiger charge is -2.13. The van der Waals surface area contributed by atoms with Gasteiger partial charge in [-0.05, 0) is 42.5 Å². The molecule has 0 radical (unpaired) electrons. The molecule has 0 bridgehead atoms. The predicted molar refractivity (Wildman–Crippen MR) is 134 cm³/mol. The predicted octanol–water partition coefficient (Wildman–Crippen LogP) is 3.91. The number of nitrogen functional groups attached to an aromatic ring is 1. The van der Waals surface area contributed by atoms with Crippen molar-refractivity contribution in [3.63, 3.8) is 0 Å². The van der Waals surface area contributed by atoms with Gasteiger partial charge >= 0.3 is 6.18 Å². The van der Waals surface area contributed by atoms with E-state index in [9.17, 15) is 22.8 Å². The van der Waals surface area contributed by atoms with Gasteiger partial charge in [0.1, 0.15) is 5.82 Å². The average Bonchev–Trinajstić information content (AvgIpc) is 3.21. The Kier molecular flexibility index (Phi) is 5.99. The van der Waals surface area contributed by atoms with Crippen LogP contribution in [0.25, 0.3) is 33.3 Å². The second kappa shape index (κ2) is 9.30. The van der Waals surface area contributed by atoms with Crippen molar-refractivity contribution in [3.05, 3.63) is 82.3 Å². The minimum Gasteiger partial charge on any atom is -0.396 e. The van der Waals surface area contributed by atoms with Crippen LogP contribution >= 0.6 is 0 Å². The Morgan fingerprint density at radius 1 is 1.00 bits per heavy atom. The van der Waals surface area contributed by atoms with E-state index in [0.717, 1.165) is 6.07 Å². The van der Waals surface area contributed by atoms with Gasteiger partial charge in [-0.15, -0.1) is 0 Å². The zero-order chi connectivity index (χ0) is 26.2. The summed E-state index contributed by atoms with van der Waals surface area (Å²) in [6.45, 7) is 0.0793. The first-order valence-corrected chi connectivity index (χ1v) is 11.2. The number of rotatable bonds is 6. The molecule has 0 atom stereocenters. The third-order valence-corrected chi connectivity index (χ3v) is 5.75. The number of hydrogen-bond acceptors (Lipinski definition) is 6. The number of carbonyl (C=O) groups excluding carboxylic acids is 1. The number of aromatic amines is 2. The molecule has 0 saturated carbocycles. The van der Waals surface area contributed by atoms with E-state index < -0.39 is 23.2 Å². The number of carbonyl (C=O) groups is 1. The maximum atomic E-state index is 13.1. The van der Waals surface area contributed by atoms with Crippen LogP contribution in [0.3, 0.4) is 0 Å². The topological polar surface area (TPSA) is 142 Å². The lowest BCUT2D eigenvalue weighted by Crippen LogP contribution is -2.29. The smallest absolute Gasteiger partial charge is 0.396 e. The molecule has 0 aliphatic rings. The van der Waals surface area contributed by atoms with Crippen LogP contribution in [0, 0.1) is 0 Å². The number of aromatic nitrogens is 4. The van der Waals surface area contributed by atoms with Crippen LogP contribution in [0.15, 0.2) is 65.6 Å². The third-order valence-electron chi connectivity index (χ3n) is 5.75. The van der Waals surface area contributed by atoms with Crippen molar-refractivity contribution in [2.75, 3.05) is 24.1 Å². The molecule has 3 heterocycles. The van der Waals surface area contributed by atoms with Crippen molar-refractivity contribution in [1.29, 1.82) is 0 Å². The number of H-pyrrole nitrogens is 2. The fraction of sp³-hybridized carbons (Fsp3) is 0.120. The first kappa shape index (κ1) is 23.9. The van der Waals surface area contributed by atoms with Crippen LogP contribution in [0.5, 0.6) is 0 Å². The molecule has 5 aromatic rings. The van der Waals surface area contributed by atoms with Crippen molar-refractivity contribution in [2.45, 2.75) is 6.18 Å². The van der Waals surface area contributed by atoms with Gasteiger partial charge < -0.3 is 26.3 Å². The minimum absolute atomic E-state index is 0.0287. The molecule has 1 amide bonds. The Bertz CT molecular complexity index is 1690. The van der Waals surface area contributed by atoms with E-state index in [4.69, 9.17) is 5.73 Å². The van der Waals surface area contributed by atoms with Gasteiger partial charge in [0, 0.05) is 35.8 Å². The molecule has 37 heavy (non-hydrogen) atoms. The normalized spacial score (nSPS) is 11.6. The summed E-state index contributed by atoms with van der Waals surface area (Å²) >= 11 is 0. The molecule has 0 fully saturated rings. The maximum Gasteiger partial charge on any atom is 0.419 e. The lowest BCUT2D eigenvalue weighted by molar-refractivity contribution is -0.137. The fourth-order valence-corrected chi connectivity index (χ4v) is 3.97. The first-order valence-electron chi connectivity index (χ1n) is 11.2. The number of alkyl halides is 3. The number of halogens is 3. The SMILES string of the molecule is Nc1c(-c2nc3ccccc3[nH]c2=O)[nH]c2ccc(C(=O)NCCNc3ncccc3C(F)(F)F)cc12.